The van der Waals surface area contributed by atoms with Crippen LogP contribution in [0, 0.1) is 0 Å². The summed E-state index contributed by atoms with van der Waals surface area (Å²) in [6.45, 7) is -0.391. The van der Waals surface area contributed by atoms with E-state index < -0.39 is 34.2 Å². The number of carbonyl (C=O) groups is 1. The van der Waals surface area contributed by atoms with E-state index >= 15 is 0 Å². The second-order valence-electron chi connectivity index (χ2n) is 6.42. The second-order valence-corrected chi connectivity index (χ2v) is 8.65. The fourth-order valence-corrected chi connectivity index (χ4v) is 4.92. The number of anilines is 1. The van der Waals surface area contributed by atoms with Crippen molar-refractivity contribution in [3.8, 4) is 0 Å². The van der Waals surface area contributed by atoms with E-state index in [-0.39, 0.29) is 10.1 Å². The van der Waals surface area contributed by atoms with Crippen molar-refractivity contribution in [2.75, 3.05) is 5.32 Å². The number of nitrogens with zero attached hydrogens (tertiary/aromatic N) is 2. The van der Waals surface area contributed by atoms with Gasteiger partial charge in [0.1, 0.15) is 6.54 Å². The highest BCUT2D eigenvalue weighted by Gasteiger charge is 2.33. The summed E-state index contributed by atoms with van der Waals surface area (Å²) in [7, 11) is -3.38. The van der Waals surface area contributed by atoms with Gasteiger partial charge in [-0.1, -0.05) is 12.8 Å². The summed E-state index contributed by atoms with van der Waals surface area (Å²) in [5, 5.41) is 5.46. The van der Waals surface area contributed by atoms with Gasteiger partial charge in [0, 0.05) is 11.9 Å². The van der Waals surface area contributed by atoms with Crippen LogP contribution < -0.4 is 5.32 Å². The molecule has 2 aromatic rings. The lowest BCUT2D eigenvalue weighted by Crippen LogP contribution is -2.20. The maximum atomic E-state index is 12.5. The van der Waals surface area contributed by atoms with Crippen molar-refractivity contribution in [3.05, 3.63) is 42.2 Å². The van der Waals surface area contributed by atoms with Crippen LogP contribution in [0.2, 0.25) is 0 Å². The molecular weight excluding hydrogens is 383 g/mol. The predicted octanol–water partition coefficient (Wildman–Crippen LogP) is 3.26. The van der Waals surface area contributed by atoms with E-state index in [4.69, 9.17) is 0 Å². The SMILES string of the molecule is O=C(Cn1ccc(C(F)(F)F)n1)Nc1ccc(S(=O)(=O)C2CCCC2)cc1. The molecule has 0 atom stereocenters. The summed E-state index contributed by atoms with van der Waals surface area (Å²) in [6.07, 6.45) is -0.375. The first-order valence-corrected chi connectivity index (χ1v) is 9.95. The molecule has 3 rings (SSSR count). The van der Waals surface area contributed by atoms with Crippen LogP contribution >= 0.6 is 0 Å². The van der Waals surface area contributed by atoms with Gasteiger partial charge in [-0.15, -0.1) is 0 Å². The molecule has 0 unspecified atom stereocenters. The smallest absolute Gasteiger partial charge is 0.324 e. The number of alkyl halides is 3. The Bertz CT molecular complexity index is 915. The van der Waals surface area contributed by atoms with Crippen LogP contribution in [-0.2, 0) is 27.4 Å². The summed E-state index contributed by atoms with van der Waals surface area (Å²) < 4.78 is 63.4. The molecule has 146 valence electrons. The predicted molar refractivity (Wildman–Crippen MR) is 91.7 cm³/mol. The Morgan fingerprint density at radius 2 is 1.78 bits per heavy atom. The molecule has 10 heteroatoms. The van der Waals surface area contributed by atoms with Crippen molar-refractivity contribution in [2.24, 2.45) is 0 Å². The number of aromatic nitrogens is 2. The monoisotopic (exact) mass is 401 g/mol. The number of amides is 1. The Morgan fingerprint density at radius 3 is 2.33 bits per heavy atom. The first kappa shape index (κ1) is 19.4. The topological polar surface area (TPSA) is 81.1 Å². The van der Waals surface area contributed by atoms with E-state index in [0.717, 1.165) is 29.8 Å². The average molecular weight is 401 g/mol. The van der Waals surface area contributed by atoms with E-state index in [9.17, 15) is 26.4 Å². The van der Waals surface area contributed by atoms with Crippen LogP contribution in [0.15, 0.2) is 41.4 Å². The zero-order chi connectivity index (χ0) is 19.7. The molecule has 1 aromatic heterocycles. The highest BCUT2D eigenvalue weighted by atomic mass is 32.2. The van der Waals surface area contributed by atoms with Crippen molar-refractivity contribution in [3.63, 3.8) is 0 Å². The normalized spacial score (nSPS) is 15.8. The molecule has 0 aliphatic heterocycles. The molecule has 1 amide bonds. The van der Waals surface area contributed by atoms with Gasteiger partial charge in [0.2, 0.25) is 5.91 Å². The summed E-state index contributed by atoms with van der Waals surface area (Å²) >= 11 is 0. The number of halogens is 3. The Morgan fingerprint density at radius 1 is 1.15 bits per heavy atom. The van der Waals surface area contributed by atoms with Gasteiger partial charge in [-0.05, 0) is 43.2 Å². The van der Waals surface area contributed by atoms with Gasteiger partial charge in [0.15, 0.2) is 15.5 Å². The molecule has 1 saturated carbocycles. The molecule has 1 aliphatic carbocycles. The zero-order valence-corrected chi connectivity index (χ0v) is 15.1. The number of sulfone groups is 1. The quantitative estimate of drug-likeness (QED) is 0.834. The molecular formula is C17H18F3N3O3S. The number of nitrogens with one attached hydrogen (secondary N) is 1. The number of rotatable bonds is 5. The summed E-state index contributed by atoms with van der Waals surface area (Å²) in [4.78, 5) is 12.2. The van der Waals surface area contributed by atoms with Crippen LogP contribution in [0.3, 0.4) is 0 Å². The number of hydrogen-bond donors (Lipinski definition) is 1. The maximum absolute atomic E-state index is 12.5. The third kappa shape index (κ3) is 4.49. The van der Waals surface area contributed by atoms with Crippen molar-refractivity contribution >= 4 is 21.4 Å². The molecule has 1 heterocycles. The summed E-state index contributed by atoms with van der Waals surface area (Å²) in [6, 6.07) is 6.57. The number of hydrogen-bond acceptors (Lipinski definition) is 4. The van der Waals surface area contributed by atoms with Gasteiger partial charge in [0.05, 0.1) is 10.1 Å². The minimum absolute atomic E-state index is 0.203. The molecule has 6 nitrogen and oxygen atoms in total. The van der Waals surface area contributed by atoms with Crippen LogP contribution in [0.5, 0.6) is 0 Å². The van der Waals surface area contributed by atoms with Gasteiger partial charge in [-0.25, -0.2) is 8.42 Å². The Hall–Kier alpha value is -2.36. The molecule has 0 saturated heterocycles. The van der Waals surface area contributed by atoms with Gasteiger partial charge in [0.25, 0.3) is 0 Å². The Kier molecular flexibility index (Phi) is 5.27. The molecule has 27 heavy (non-hydrogen) atoms. The Balaban J connectivity index is 1.62. The third-order valence-electron chi connectivity index (χ3n) is 4.44. The maximum Gasteiger partial charge on any atom is 0.435 e. The molecule has 1 aliphatic rings. The van der Waals surface area contributed by atoms with E-state index in [0.29, 0.717) is 18.5 Å². The highest BCUT2D eigenvalue weighted by molar-refractivity contribution is 7.92. The lowest BCUT2D eigenvalue weighted by molar-refractivity contribution is -0.141. The summed E-state index contributed by atoms with van der Waals surface area (Å²) in [5.41, 5.74) is -0.717. The fraction of sp³-hybridized carbons (Fsp3) is 0.412. The van der Waals surface area contributed by atoms with Crippen molar-refractivity contribution in [1.82, 2.24) is 9.78 Å². The van der Waals surface area contributed by atoms with Gasteiger partial charge >= 0.3 is 6.18 Å². The summed E-state index contributed by atoms with van der Waals surface area (Å²) in [5.74, 6) is -0.571. The lowest BCUT2D eigenvalue weighted by atomic mass is 10.3. The van der Waals surface area contributed by atoms with Crippen LogP contribution in [0.1, 0.15) is 31.4 Å². The van der Waals surface area contributed by atoms with Crippen molar-refractivity contribution in [2.45, 2.75) is 48.5 Å². The van der Waals surface area contributed by atoms with Crippen molar-refractivity contribution < 1.29 is 26.4 Å². The number of benzene rings is 1. The largest absolute Gasteiger partial charge is 0.435 e. The van der Waals surface area contributed by atoms with E-state index in [1.54, 1.807) is 0 Å². The van der Waals surface area contributed by atoms with Crippen LogP contribution in [0.4, 0.5) is 18.9 Å². The Labute approximate surface area is 154 Å². The average Bonchev–Trinajstić information content (AvgIpc) is 3.26. The minimum Gasteiger partial charge on any atom is -0.324 e. The molecule has 0 bridgehead atoms. The van der Waals surface area contributed by atoms with E-state index in [1.165, 1.54) is 24.3 Å². The molecule has 0 radical (unpaired) electrons. The second kappa shape index (κ2) is 7.34. The molecule has 1 aromatic carbocycles. The van der Waals surface area contributed by atoms with E-state index in [1.807, 2.05) is 0 Å². The van der Waals surface area contributed by atoms with Gasteiger partial charge < -0.3 is 5.32 Å². The van der Waals surface area contributed by atoms with Crippen LogP contribution in [0.25, 0.3) is 0 Å². The first-order chi connectivity index (χ1) is 12.7. The van der Waals surface area contributed by atoms with Gasteiger partial charge in [-0.3, -0.25) is 9.48 Å². The fourth-order valence-electron chi connectivity index (χ4n) is 3.07. The third-order valence-corrected chi connectivity index (χ3v) is 6.72. The first-order valence-electron chi connectivity index (χ1n) is 8.41. The molecule has 1 fully saturated rings. The zero-order valence-electron chi connectivity index (χ0n) is 14.2. The highest BCUT2D eigenvalue weighted by Crippen LogP contribution is 2.30. The van der Waals surface area contributed by atoms with Crippen LogP contribution in [-0.4, -0.2) is 29.4 Å². The number of carbonyl (C=O) groups excluding carboxylic acids is 1. The standard InChI is InChI=1S/C17H18F3N3O3S/c18-17(19,20)15-9-10-23(22-15)11-16(24)21-12-5-7-14(8-6-12)27(25,26)13-3-1-2-4-13/h5-10,13H,1-4,11H2,(H,21,24). The lowest BCUT2D eigenvalue weighted by Gasteiger charge is -2.12. The van der Waals surface area contributed by atoms with Crippen molar-refractivity contribution in [1.29, 1.82) is 0 Å². The van der Waals surface area contributed by atoms with Gasteiger partial charge in [-0.2, -0.15) is 18.3 Å². The molecule has 1 N–H and O–H groups in total. The minimum atomic E-state index is -4.57. The van der Waals surface area contributed by atoms with E-state index in [2.05, 4.69) is 10.4 Å². The molecule has 0 spiro atoms.